The van der Waals surface area contributed by atoms with Gasteiger partial charge in [-0.25, -0.2) is 0 Å². The summed E-state index contributed by atoms with van der Waals surface area (Å²) in [4.78, 5) is 61.3. The Morgan fingerprint density at radius 2 is 1.02 bits per heavy atom. The molecule has 0 aliphatic carbocycles. The fourth-order valence-electron chi connectivity index (χ4n) is 8.24. The lowest BCUT2D eigenvalue weighted by atomic mass is 9.85. The maximum absolute atomic E-state index is 14.2. The van der Waals surface area contributed by atoms with Gasteiger partial charge in [-0.3, -0.25) is 50.4 Å². The molecule has 1 radical (unpaired) electrons. The van der Waals surface area contributed by atoms with Gasteiger partial charge in [0.2, 0.25) is 23.9 Å². The van der Waals surface area contributed by atoms with E-state index in [4.69, 9.17) is 9.31 Å². The first-order chi connectivity index (χ1) is 28.4. The van der Waals surface area contributed by atoms with Gasteiger partial charge in [0.15, 0.2) is 0 Å². The minimum atomic E-state index is -1.17. The van der Waals surface area contributed by atoms with Gasteiger partial charge in [-0.05, 0) is 59.1 Å². The second kappa shape index (κ2) is 19.9. The number of carbonyl (C=O) groups excluding carboxylic acids is 2. The first-order valence-electron chi connectivity index (χ1n) is 19.8. The number of hydrogen-bond donors (Lipinski definition) is 4. The summed E-state index contributed by atoms with van der Waals surface area (Å²) in [5.41, 5.74) is 2.45. The summed E-state index contributed by atoms with van der Waals surface area (Å²) in [5.74, 6) is -2.52. The normalized spacial score (nSPS) is 25.0. The highest BCUT2D eigenvalue weighted by atomic mass is 16.6. The molecule has 2 amide bonds. The third-order valence-corrected chi connectivity index (χ3v) is 10.8. The summed E-state index contributed by atoms with van der Waals surface area (Å²) in [7, 11) is 1.09. The average molecular weight is 806 g/mol. The Bertz CT molecular complexity index is 1860. The van der Waals surface area contributed by atoms with Gasteiger partial charge in [-0.2, -0.15) is 0 Å². The zero-order chi connectivity index (χ0) is 42.1. The molecule has 6 rings (SSSR count). The number of aromatic nitrogens is 2. The van der Waals surface area contributed by atoms with Crippen LogP contribution < -0.4 is 21.3 Å². The largest absolute Gasteiger partial charge is 0.491 e. The molecule has 2 aliphatic rings. The van der Waals surface area contributed by atoms with E-state index in [0.29, 0.717) is 35.1 Å². The number of pyridine rings is 2. The van der Waals surface area contributed by atoms with Gasteiger partial charge in [0.25, 0.3) is 0 Å². The number of rotatable bonds is 18. The summed E-state index contributed by atoms with van der Waals surface area (Å²) < 4.78 is 12.1. The molecule has 2 fully saturated rings. The van der Waals surface area contributed by atoms with E-state index in [2.05, 4.69) is 31.2 Å². The number of nitrogens with zero attached hydrogens (tertiary/aromatic N) is 4. The number of hydrogen-bond acceptors (Lipinski definition) is 12. The molecule has 309 valence electrons. The van der Waals surface area contributed by atoms with Crippen LogP contribution in [0.5, 0.6) is 0 Å². The van der Waals surface area contributed by atoms with E-state index in [1.165, 1.54) is 0 Å². The summed E-state index contributed by atoms with van der Waals surface area (Å²) in [6, 6.07) is 18.8. The van der Waals surface area contributed by atoms with E-state index in [9.17, 15) is 29.8 Å². The summed E-state index contributed by atoms with van der Waals surface area (Å²) >= 11 is 0. The van der Waals surface area contributed by atoms with Crippen LogP contribution in [0.2, 0.25) is 0 Å². The lowest BCUT2D eigenvalue weighted by Gasteiger charge is -2.27. The highest BCUT2D eigenvalue weighted by Crippen LogP contribution is 2.41. The first kappa shape index (κ1) is 43.0. The third kappa shape index (κ3) is 10.5. The number of nitro groups is 2. The third-order valence-electron chi connectivity index (χ3n) is 10.8. The molecule has 17 heteroatoms. The van der Waals surface area contributed by atoms with Crippen molar-refractivity contribution in [2.24, 2.45) is 11.8 Å². The Kier molecular flexibility index (Phi) is 14.5. The Morgan fingerprint density at radius 3 is 1.34 bits per heavy atom. The van der Waals surface area contributed by atoms with Gasteiger partial charge in [-0.15, -0.1) is 0 Å². The van der Waals surface area contributed by atoms with Gasteiger partial charge < -0.3 is 19.9 Å². The van der Waals surface area contributed by atoms with Crippen molar-refractivity contribution in [3.63, 3.8) is 0 Å². The van der Waals surface area contributed by atoms with Crippen molar-refractivity contribution >= 4 is 19.5 Å². The number of carbonyl (C=O) groups is 2. The molecule has 2 saturated heterocycles. The molecule has 16 nitrogen and oxygen atoms in total. The SMILES string of the molecule is CC(C)CC(NC(=O)C1NC(c2cccnc2)C([N+](=O)[O-])C1c1ccccc1)O[B]OC(CC(C)C)NC(=O)C1NC(c2cccnc2)C([N+](=O)[O-])C1c1ccccc1. The smallest absolute Gasteiger partial charge is 0.393 e. The predicted molar refractivity (Wildman–Crippen MR) is 218 cm³/mol. The van der Waals surface area contributed by atoms with Crippen molar-refractivity contribution in [1.82, 2.24) is 31.2 Å². The topological polar surface area (TPSA) is 213 Å². The van der Waals surface area contributed by atoms with Gasteiger partial charge in [0.05, 0.1) is 11.8 Å². The Balaban J connectivity index is 1.18. The predicted octanol–water partition coefficient (Wildman–Crippen LogP) is 4.61. The van der Waals surface area contributed by atoms with Gasteiger partial charge in [0.1, 0.15) is 36.6 Å². The highest BCUT2D eigenvalue weighted by Gasteiger charge is 2.56. The van der Waals surface area contributed by atoms with Crippen molar-refractivity contribution in [3.8, 4) is 0 Å². The maximum atomic E-state index is 14.2. The summed E-state index contributed by atoms with van der Waals surface area (Å²) in [5, 5.41) is 37.7. The minimum Gasteiger partial charge on any atom is -0.393 e. The Labute approximate surface area is 343 Å². The molecule has 2 aromatic carbocycles. The molecule has 0 saturated carbocycles. The number of benzene rings is 2. The van der Waals surface area contributed by atoms with Crippen LogP contribution in [0.3, 0.4) is 0 Å². The second-order valence-corrected chi connectivity index (χ2v) is 15.9. The molecule has 10 unspecified atom stereocenters. The van der Waals surface area contributed by atoms with E-state index >= 15 is 0 Å². The van der Waals surface area contributed by atoms with Crippen molar-refractivity contribution in [3.05, 3.63) is 152 Å². The van der Waals surface area contributed by atoms with Gasteiger partial charge in [-0.1, -0.05) is 100 Å². The fourth-order valence-corrected chi connectivity index (χ4v) is 8.24. The molecule has 2 aromatic heterocycles. The van der Waals surface area contributed by atoms with E-state index in [1.54, 1.807) is 97.6 Å². The van der Waals surface area contributed by atoms with Crippen molar-refractivity contribution in [1.29, 1.82) is 0 Å². The molecule has 4 N–H and O–H groups in total. The molecule has 59 heavy (non-hydrogen) atoms. The molecular formula is C42H50BN8O8. The molecule has 4 aromatic rings. The Morgan fingerprint density at radius 1 is 0.644 bits per heavy atom. The molecule has 0 bridgehead atoms. The zero-order valence-corrected chi connectivity index (χ0v) is 33.4. The molecule has 4 heterocycles. The monoisotopic (exact) mass is 805 g/mol. The second-order valence-electron chi connectivity index (χ2n) is 15.9. The van der Waals surface area contributed by atoms with Crippen LogP contribution in [0.25, 0.3) is 0 Å². The summed E-state index contributed by atoms with van der Waals surface area (Å²) in [6.45, 7) is 7.84. The molecule has 10 atom stereocenters. The number of amides is 2. The zero-order valence-electron chi connectivity index (χ0n) is 33.4. The quantitative estimate of drug-likeness (QED) is 0.0470. The lowest BCUT2D eigenvalue weighted by molar-refractivity contribution is -0.527. The van der Waals surface area contributed by atoms with Crippen molar-refractivity contribution in [2.75, 3.05) is 0 Å². The lowest BCUT2D eigenvalue weighted by Crippen LogP contribution is -2.51. The molecule has 0 spiro atoms. The van der Waals surface area contributed by atoms with Crippen LogP contribution >= 0.6 is 0 Å². The van der Waals surface area contributed by atoms with E-state index < -0.39 is 72.4 Å². The van der Waals surface area contributed by atoms with Gasteiger partial charge >= 0.3 is 7.69 Å². The first-order valence-corrected chi connectivity index (χ1v) is 19.8. The minimum absolute atomic E-state index is 0.0571. The van der Waals surface area contributed by atoms with E-state index in [0.717, 1.165) is 7.69 Å². The van der Waals surface area contributed by atoms with Crippen molar-refractivity contribution < 1.29 is 28.7 Å². The number of nitrogens with one attached hydrogen (secondary N) is 4. The summed E-state index contributed by atoms with van der Waals surface area (Å²) in [6.07, 6.45) is 5.21. The Hall–Kier alpha value is -5.62. The van der Waals surface area contributed by atoms with E-state index in [1.807, 2.05) is 39.8 Å². The molecular weight excluding hydrogens is 755 g/mol. The van der Waals surface area contributed by atoms with Gasteiger partial charge in [0, 0.05) is 34.6 Å². The average Bonchev–Trinajstić information content (AvgIpc) is 3.83. The molecule has 2 aliphatic heterocycles. The standard InChI is InChI=1S/C42H50BN8O8/c1-25(2)21-31(46-41(52)37-33(27-13-7-5-8-14-27)39(50(54)55)35(48-37)29-17-11-19-44-23-29)58-43-59-32(22-26(3)4)47-42(53)38-34(28-15-9-6-10-16-28)40(51(56)57)36(49-38)30-18-12-20-45-24-30/h5-20,23-26,31-40,48-49H,21-22H2,1-4H3,(H,46,52)(H,47,53). The van der Waals surface area contributed by atoms with E-state index in [-0.39, 0.29) is 21.7 Å². The highest BCUT2D eigenvalue weighted by molar-refractivity contribution is 6.18. The van der Waals surface area contributed by atoms with Crippen LogP contribution in [-0.2, 0) is 18.9 Å². The van der Waals surface area contributed by atoms with Crippen molar-refractivity contribution in [2.45, 2.75) is 101 Å². The van der Waals surface area contributed by atoms with Crippen LogP contribution in [0, 0.1) is 32.1 Å². The maximum Gasteiger partial charge on any atom is 0.491 e. The fraction of sp³-hybridized carbons (Fsp3) is 0.429. The van der Waals surface area contributed by atoms with Crippen LogP contribution in [-0.4, -0.2) is 75.9 Å². The van der Waals surface area contributed by atoms with Crippen LogP contribution in [0.15, 0.2) is 110 Å². The van der Waals surface area contributed by atoms with Crippen LogP contribution in [0.1, 0.15) is 86.7 Å². The van der Waals surface area contributed by atoms with Crippen LogP contribution in [0.4, 0.5) is 0 Å².